The van der Waals surface area contributed by atoms with E-state index in [2.05, 4.69) is 6.58 Å². The number of amides is 1. The minimum atomic E-state index is -0.228. The van der Waals surface area contributed by atoms with E-state index in [9.17, 15) is 9.90 Å². The van der Waals surface area contributed by atoms with Gasteiger partial charge in [0.25, 0.3) is 5.91 Å². The highest BCUT2D eigenvalue weighted by Gasteiger charge is 2.20. The van der Waals surface area contributed by atoms with E-state index in [-0.39, 0.29) is 23.3 Å². The van der Waals surface area contributed by atoms with Crippen molar-refractivity contribution in [3.63, 3.8) is 0 Å². The zero-order valence-corrected chi connectivity index (χ0v) is 10.7. The molecule has 17 heavy (non-hydrogen) atoms. The number of aromatic hydroxyl groups is 1. The summed E-state index contributed by atoms with van der Waals surface area (Å²) in [6.07, 6.45) is 1.66. The molecular formula is C13H16ClNO2. The van der Waals surface area contributed by atoms with Crippen LogP contribution in [0, 0.1) is 0 Å². The van der Waals surface area contributed by atoms with Crippen LogP contribution in [0.1, 0.15) is 24.2 Å². The van der Waals surface area contributed by atoms with Crippen molar-refractivity contribution < 1.29 is 9.90 Å². The number of rotatable bonds is 4. The maximum absolute atomic E-state index is 12.2. The van der Waals surface area contributed by atoms with Crippen molar-refractivity contribution in [2.45, 2.75) is 19.9 Å². The maximum Gasteiger partial charge on any atom is 0.258 e. The number of nitrogens with zero attached hydrogens (tertiary/aromatic N) is 1. The van der Waals surface area contributed by atoms with Crippen LogP contribution in [-0.2, 0) is 0 Å². The van der Waals surface area contributed by atoms with Crippen LogP contribution in [0.15, 0.2) is 30.9 Å². The van der Waals surface area contributed by atoms with E-state index in [1.165, 1.54) is 12.1 Å². The predicted octanol–water partition coefficient (Wildman–Crippen LogP) is 3.08. The first-order valence-corrected chi connectivity index (χ1v) is 5.75. The Morgan fingerprint density at radius 1 is 1.59 bits per heavy atom. The Balaban J connectivity index is 3.05. The fourth-order valence-corrected chi connectivity index (χ4v) is 1.67. The van der Waals surface area contributed by atoms with Crippen LogP contribution in [0.5, 0.6) is 5.75 Å². The second kappa shape index (κ2) is 5.73. The Hall–Kier alpha value is -1.48. The van der Waals surface area contributed by atoms with E-state index in [1.54, 1.807) is 17.0 Å². The van der Waals surface area contributed by atoms with Gasteiger partial charge in [-0.05, 0) is 32.0 Å². The first-order chi connectivity index (χ1) is 7.97. The Bertz CT molecular complexity index is 429. The van der Waals surface area contributed by atoms with Crippen LogP contribution in [-0.4, -0.2) is 28.5 Å². The molecule has 0 radical (unpaired) electrons. The molecule has 0 aliphatic heterocycles. The molecule has 92 valence electrons. The molecular weight excluding hydrogens is 238 g/mol. The lowest BCUT2D eigenvalue weighted by molar-refractivity contribution is 0.0726. The monoisotopic (exact) mass is 253 g/mol. The molecule has 0 heterocycles. The van der Waals surface area contributed by atoms with Gasteiger partial charge in [0.05, 0.1) is 5.56 Å². The van der Waals surface area contributed by atoms with Crippen LogP contribution in [0.2, 0.25) is 5.02 Å². The predicted molar refractivity (Wildman–Crippen MR) is 69.5 cm³/mol. The summed E-state index contributed by atoms with van der Waals surface area (Å²) < 4.78 is 0. The summed E-state index contributed by atoms with van der Waals surface area (Å²) in [5.41, 5.74) is 0.255. The molecule has 3 nitrogen and oxygen atoms in total. The minimum absolute atomic E-state index is 0.0376. The summed E-state index contributed by atoms with van der Waals surface area (Å²) in [5, 5.41) is 10.1. The van der Waals surface area contributed by atoms with Crippen LogP contribution in [0.3, 0.4) is 0 Å². The van der Waals surface area contributed by atoms with Crippen molar-refractivity contribution >= 4 is 17.5 Å². The van der Waals surface area contributed by atoms with Gasteiger partial charge in [0, 0.05) is 17.6 Å². The minimum Gasteiger partial charge on any atom is -0.507 e. The number of carbonyl (C=O) groups is 1. The summed E-state index contributed by atoms with van der Waals surface area (Å²) in [6.45, 7) is 7.88. The molecule has 0 aromatic heterocycles. The molecule has 0 saturated heterocycles. The van der Waals surface area contributed by atoms with Crippen molar-refractivity contribution in [1.82, 2.24) is 4.90 Å². The largest absolute Gasteiger partial charge is 0.507 e. The zero-order chi connectivity index (χ0) is 13.0. The molecule has 0 saturated carbocycles. The SMILES string of the molecule is C=CCN(C(=O)c1ccc(Cl)cc1O)C(C)C. The van der Waals surface area contributed by atoms with Crippen LogP contribution >= 0.6 is 11.6 Å². The van der Waals surface area contributed by atoms with Gasteiger partial charge in [-0.2, -0.15) is 0 Å². The highest BCUT2D eigenvalue weighted by Crippen LogP contribution is 2.23. The first-order valence-electron chi connectivity index (χ1n) is 5.37. The lowest BCUT2D eigenvalue weighted by Gasteiger charge is -2.25. The molecule has 4 heteroatoms. The van der Waals surface area contributed by atoms with Crippen molar-refractivity contribution in [1.29, 1.82) is 0 Å². The standard InChI is InChI=1S/C13H16ClNO2/c1-4-7-15(9(2)3)13(17)11-6-5-10(14)8-12(11)16/h4-6,8-9,16H,1,7H2,2-3H3. The molecule has 1 amide bonds. The number of hydrogen-bond acceptors (Lipinski definition) is 2. The van der Waals surface area contributed by atoms with Gasteiger partial charge in [0.2, 0.25) is 0 Å². The van der Waals surface area contributed by atoms with E-state index < -0.39 is 0 Å². The van der Waals surface area contributed by atoms with Crippen LogP contribution in [0.4, 0.5) is 0 Å². The van der Waals surface area contributed by atoms with Gasteiger partial charge in [0.15, 0.2) is 0 Å². The molecule has 1 aromatic carbocycles. The van der Waals surface area contributed by atoms with Crippen LogP contribution in [0.25, 0.3) is 0 Å². The number of benzene rings is 1. The average molecular weight is 254 g/mol. The van der Waals surface area contributed by atoms with Gasteiger partial charge in [-0.25, -0.2) is 0 Å². The van der Waals surface area contributed by atoms with Gasteiger partial charge in [-0.3, -0.25) is 4.79 Å². The van der Waals surface area contributed by atoms with Gasteiger partial charge in [0.1, 0.15) is 5.75 Å². The molecule has 0 bridgehead atoms. The Morgan fingerprint density at radius 2 is 2.24 bits per heavy atom. The third-order valence-corrected chi connectivity index (χ3v) is 2.64. The van der Waals surface area contributed by atoms with Crippen molar-refractivity contribution in [2.24, 2.45) is 0 Å². The molecule has 0 fully saturated rings. The fraction of sp³-hybridized carbons (Fsp3) is 0.308. The zero-order valence-electron chi connectivity index (χ0n) is 9.98. The molecule has 1 N–H and O–H groups in total. The normalized spacial score (nSPS) is 10.4. The van der Waals surface area contributed by atoms with Gasteiger partial charge < -0.3 is 10.0 Å². The Morgan fingerprint density at radius 3 is 2.71 bits per heavy atom. The topological polar surface area (TPSA) is 40.5 Å². The van der Waals surface area contributed by atoms with E-state index in [4.69, 9.17) is 11.6 Å². The summed E-state index contributed by atoms with van der Waals surface area (Å²) in [4.78, 5) is 13.8. The average Bonchev–Trinajstić information content (AvgIpc) is 2.24. The summed E-state index contributed by atoms with van der Waals surface area (Å²) in [5.74, 6) is -0.328. The number of hydrogen-bond donors (Lipinski definition) is 1. The van der Waals surface area contributed by atoms with Crippen molar-refractivity contribution in [3.8, 4) is 5.75 Å². The van der Waals surface area contributed by atoms with Gasteiger partial charge >= 0.3 is 0 Å². The van der Waals surface area contributed by atoms with Crippen LogP contribution < -0.4 is 0 Å². The number of carbonyl (C=O) groups excluding carboxylic acids is 1. The molecule has 1 aromatic rings. The highest BCUT2D eigenvalue weighted by atomic mass is 35.5. The quantitative estimate of drug-likeness (QED) is 0.838. The van der Waals surface area contributed by atoms with E-state index in [0.29, 0.717) is 11.6 Å². The number of phenols is 1. The molecule has 0 aliphatic rings. The smallest absolute Gasteiger partial charge is 0.258 e. The molecule has 0 atom stereocenters. The first kappa shape index (κ1) is 13.6. The van der Waals surface area contributed by atoms with E-state index >= 15 is 0 Å². The second-order valence-electron chi connectivity index (χ2n) is 4.00. The molecule has 0 aliphatic carbocycles. The third kappa shape index (κ3) is 3.24. The van der Waals surface area contributed by atoms with Gasteiger partial charge in [-0.1, -0.05) is 17.7 Å². The van der Waals surface area contributed by atoms with E-state index in [0.717, 1.165) is 0 Å². The molecule has 0 unspecified atom stereocenters. The summed E-state index contributed by atoms with van der Waals surface area (Å²) in [7, 11) is 0. The van der Waals surface area contributed by atoms with E-state index in [1.807, 2.05) is 13.8 Å². The molecule has 0 spiro atoms. The summed E-state index contributed by atoms with van der Waals surface area (Å²) >= 11 is 5.72. The Kier molecular flexibility index (Phi) is 4.58. The van der Waals surface area contributed by atoms with Crippen molar-refractivity contribution in [3.05, 3.63) is 41.4 Å². The number of halogens is 1. The second-order valence-corrected chi connectivity index (χ2v) is 4.44. The lowest BCUT2D eigenvalue weighted by Crippen LogP contribution is -2.37. The third-order valence-electron chi connectivity index (χ3n) is 2.40. The maximum atomic E-state index is 12.2. The lowest BCUT2D eigenvalue weighted by atomic mass is 10.1. The van der Waals surface area contributed by atoms with Gasteiger partial charge in [-0.15, -0.1) is 6.58 Å². The fourth-order valence-electron chi connectivity index (χ4n) is 1.51. The molecule has 1 rings (SSSR count). The summed E-state index contributed by atoms with van der Waals surface area (Å²) in [6, 6.07) is 4.51. The van der Waals surface area contributed by atoms with Crippen molar-refractivity contribution in [2.75, 3.05) is 6.54 Å². The Labute approximate surface area is 106 Å². The highest BCUT2D eigenvalue weighted by molar-refractivity contribution is 6.30. The number of phenolic OH excluding ortho intramolecular Hbond substituents is 1.